The van der Waals surface area contributed by atoms with Crippen LogP contribution in [0.3, 0.4) is 0 Å². The van der Waals surface area contributed by atoms with Crippen LogP contribution in [0, 0.1) is 23.8 Å². The molecule has 3 rings (SSSR count). The molecular formula is C26H34BIN2O6. The van der Waals surface area contributed by atoms with Crippen LogP contribution in [0.2, 0.25) is 0 Å². The van der Waals surface area contributed by atoms with Gasteiger partial charge >= 0.3 is 7.12 Å². The Kier molecular flexibility index (Phi) is 11.9. The summed E-state index contributed by atoms with van der Waals surface area (Å²) >= 11 is 2.10. The molecule has 0 aliphatic carbocycles. The Bertz CT molecular complexity index is 1070. The van der Waals surface area contributed by atoms with Gasteiger partial charge in [0, 0.05) is 27.8 Å². The van der Waals surface area contributed by atoms with Crippen molar-refractivity contribution < 1.29 is 19.2 Å². The average molecular weight is 608 g/mol. The van der Waals surface area contributed by atoms with Gasteiger partial charge in [-0.3, -0.25) is 20.2 Å². The van der Waals surface area contributed by atoms with E-state index in [0.29, 0.717) is 0 Å². The fourth-order valence-corrected chi connectivity index (χ4v) is 3.18. The van der Waals surface area contributed by atoms with E-state index < -0.39 is 9.85 Å². The number of hydrogen-bond acceptors (Lipinski definition) is 6. The van der Waals surface area contributed by atoms with Crippen molar-refractivity contribution in [3.8, 4) is 0 Å². The molecule has 2 aromatic rings. The molecule has 0 aromatic heterocycles. The number of benzene rings is 2. The van der Waals surface area contributed by atoms with Crippen molar-refractivity contribution >= 4 is 47.2 Å². The van der Waals surface area contributed by atoms with Gasteiger partial charge in [-0.2, -0.15) is 0 Å². The highest BCUT2D eigenvalue weighted by molar-refractivity contribution is 14.1. The first kappa shape index (κ1) is 31.5. The number of non-ortho nitro benzene ring substituents is 2. The maximum absolute atomic E-state index is 10.3. The average Bonchev–Trinajstić information content (AvgIpc) is 2.94. The molecule has 0 N–H and O–H groups in total. The number of nitro benzene ring substituents is 2. The van der Waals surface area contributed by atoms with E-state index in [0.717, 1.165) is 9.13 Å². The zero-order chi connectivity index (χ0) is 27.7. The van der Waals surface area contributed by atoms with Crippen LogP contribution in [-0.2, 0) is 9.31 Å². The van der Waals surface area contributed by atoms with Crippen molar-refractivity contribution in [3.63, 3.8) is 0 Å². The molecule has 0 spiro atoms. The van der Waals surface area contributed by atoms with E-state index in [2.05, 4.69) is 50.3 Å². The zero-order valence-corrected chi connectivity index (χ0v) is 24.2. The Morgan fingerprint density at radius 2 is 1.17 bits per heavy atom. The normalized spacial score (nSPS) is 14.9. The van der Waals surface area contributed by atoms with Crippen LogP contribution in [0.4, 0.5) is 11.4 Å². The summed E-state index contributed by atoms with van der Waals surface area (Å²) < 4.78 is 12.6. The lowest BCUT2D eigenvalue weighted by atomic mass is 9.88. The summed E-state index contributed by atoms with van der Waals surface area (Å²) in [6.07, 6.45) is 1.98. The predicted molar refractivity (Wildman–Crippen MR) is 154 cm³/mol. The van der Waals surface area contributed by atoms with Crippen molar-refractivity contribution in [2.24, 2.45) is 0 Å². The number of allylic oxidation sites excluding steroid dienone is 2. The van der Waals surface area contributed by atoms with Gasteiger partial charge in [-0.1, -0.05) is 23.2 Å². The molecule has 8 nitrogen and oxygen atoms in total. The highest BCUT2D eigenvalue weighted by Crippen LogP contribution is 2.37. The van der Waals surface area contributed by atoms with E-state index >= 15 is 0 Å². The van der Waals surface area contributed by atoms with Crippen molar-refractivity contribution in [2.75, 3.05) is 0 Å². The Hall–Kier alpha value is -2.57. The number of rotatable bonds is 4. The summed E-state index contributed by atoms with van der Waals surface area (Å²) in [7, 11) is -0.185. The lowest BCUT2D eigenvalue weighted by molar-refractivity contribution is -0.385. The highest BCUT2D eigenvalue weighted by atomic mass is 127. The number of halogens is 1. The third-order valence-electron chi connectivity index (χ3n) is 5.34. The van der Waals surface area contributed by atoms with Crippen LogP contribution in [0.15, 0.2) is 65.7 Å². The van der Waals surface area contributed by atoms with Crippen molar-refractivity contribution in [3.05, 3.63) is 95.0 Å². The summed E-state index contributed by atoms with van der Waals surface area (Å²) in [5.74, 6) is 2.01. The SMILES string of the molecule is CC(C)=CB1OC(C)(C)C(C)(C)O1.CC(C)=Cc1ccc([N+](=O)[O-])cc1.O=[N+]([O-])c1ccc(I)cc1. The Morgan fingerprint density at radius 1 is 0.778 bits per heavy atom. The summed E-state index contributed by atoms with van der Waals surface area (Å²) in [6.45, 7) is 16.3. The van der Waals surface area contributed by atoms with Gasteiger partial charge < -0.3 is 9.31 Å². The van der Waals surface area contributed by atoms with Crippen LogP contribution >= 0.6 is 22.6 Å². The maximum atomic E-state index is 10.3. The van der Waals surface area contributed by atoms with Gasteiger partial charge in [0.05, 0.1) is 21.0 Å². The molecule has 2 aromatic carbocycles. The minimum atomic E-state index is -0.407. The molecule has 0 saturated carbocycles. The van der Waals surface area contributed by atoms with Gasteiger partial charge in [0.25, 0.3) is 11.4 Å². The first-order valence-electron chi connectivity index (χ1n) is 11.3. The molecule has 1 aliphatic heterocycles. The minimum Gasteiger partial charge on any atom is -0.400 e. The van der Waals surface area contributed by atoms with Crippen LogP contribution in [0.1, 0.15) is 61.0 Å². The van der Waals surface area contributed by atoms with Crippen molar-refractivity contribution in [2.45, 2.75) is 66.6 Å². The third kappa shape index (κ3) is 10.6. The Labute approximate surface area is 227 Å². The molecule has 36 heavy (non-hydrogen) atoms. The molecule has 0 unspecified atom stereocenters. The largest absolute Gasteiger partial charge is 0.487 e. The zero-order valence-electron chi connectivity index (χ0n) is 22.1. The molecule has 0 amide bonds. The van der Waals surface area contributed by atoms with E-state index in [9.17, 15) is 20.2 Å². The van der Waals surface area contributed by atoms with E-state index in [1.165, 1.54) is 35.4 Å². The molecule has 0 radical (unpaired) electrons. The second kappa shape index (κ2) is 13.7. The van der Waals surface area contributed by atoms with Gasteiger partial charge in [0.15, 0.2) is 0 Å². The molecule has 1 aliphatic rings. The molecule has 1 saturated heterocycles. The van der Waals surface area contributed by atoms with Gasteiger partial charge in [0.2, 0.25) is 0 Å². The third-order valence-corrected chi connectivity index (χ3v) is 6.06. The second-order valence-corrected chi connectivity index (χ2v) is 10.9. The lowest BCUT2D eigenvalue weighted by Gasteiger charge is -2.32. The number of nitrogens with zero attached hydrogens (tertiary/aromatic N) is 2. The van der Waals surface area contributed by atoms with Gasteiger partial charge in [-0.05, 0) is 108 Å². The molecule has 0 atom stereocenters. The standard InChI is InChI=1S/C10H19BO2.C10H11NO2.C6H4INO2/c1-8(2)7-11-12-9(3,4)10(5,6)13-11;1-8(2)7-9-3-5-10(6-4-9)11(12)13;7-5-1-3-6(4-2-5)8(9)10/h7H,1-6H3;3-7H,1-2H3;1-4H. The van der Waals surface area contributed by atoms with Gasteiger partial charge in [0.1, 0.15) is 0 Å². The van der Waals surface area contributed by atoms with E-state index in [1.807, 2.05) is 39.7 Å². The van der Waals surface area contributed by atoms with Crippen LogP contribution < -0.4 is 0 Å². The van der Waals surface area contributed by atoms with E-state index in [4.69, 9.17) is 9.31 Å². The topological polar surface area (TPSA) is 105 Å². The van der Waals surface area contributed by atoms with Crippen molar-refractivity contribution in [1.82, 2.24) is 0 Å². The monoisotopic (exact) mass is 608 g/mol. The van der Waals surface area contributed by atoms with Crippen LogP contribution in [0.25, 0.3) is 6.08 Å². The fraction of sp³-hybridized carbons (Fsp3) is 0.385. The molecule has 0 bridgehead atoms. The summed E-state index contributed by atoms with van der Waals surface area (Å²) in [4.78, 5) is 19.6. The smallest absolute Gasteiger partial charge is 0.400 e. The summed E-state index contributed by atoms with van der Waals surface area (Å²) in [5.41, 5.74) is 3.22. The predicted octanol–water partition coefficient (Wildman–Crippen LogP) is 7.80. The number of nitro groups is 2. The van der Waals surface area contributed by atoms with E-state index in [1.54, 1.807) is 24.3 Å². The second-order valence-electron chi connectivity index (χ2n) is 9.67. The van der Waals surface area contributed by atoms with Crippen molar-refractivity contribution in [1.29, 1.82) is 0 Å². The quantitative estimate of drug-likeness (QED) is 0.152. The van der Waals surface area contributed by atoms with E-state index in [-0.39, 0.29) is 29.7 Å². The molecule has 1 heterocycles. The molecule has 10 heteroatoms. The Morgan fingerprint density at radius 3 is 1.50 bits per heavy atom. The lowest BCUT2D eigenvalue weighted by Crippen LogP contribution is -2.41. The summed E-state index contributed by atoms with van der Waals surface area (Å²) in [6, 6.07) is 12.9. The minimum absolute atomic E-state index is 0.130. The molecule has 194 valence electrons. The van der Waals surface area contributed by atoms with Gasteiger partial charge in [-0.25, -0.2) is 0 Å². The van der Waals surface area contributed by atoms with Crippen LogP contribution in [0.5, 0.6) is 0 Å². The highest BCUT2D eigenvalue weighted by Gasteiger charge is 2.50. The first-order chi connectivity index (χ1) is 16.5. The summed E-state index contributed by atoms with van der Waals surface area (Å²) in [5, 5.41) is 20.4. The van der Waals surface area contributed by atoms with Gasteiger partial charge in [-0.15, -0.1) is 0 Å². The molecular weight excluding hydrogens is 574 g/mol. The molecule has 1 fully saturated rings. The number of hydrogen-bond donors (Lipinski definition) is 0. The first-order valence-corrected chi connectivity index (χ1v) is 12.4. The fourth-order valence-electron chi connectivity index (χ4n) is 2.82. The van der Waals surface area contributed by atoms with Crippen LogP contribution in [-0.4, -0.2) is 28.2 Å². The maximum Gasteiger partial charge on any atom is 0.487 e. The Balaban J connectivity index is 0.000000273.